The van der Waals surface area contributed by atoms with Crippen molar-refractivity contribution < 1.29 is 9.53 Å². The number of carbonyl (C=O) groups is 1. The van der Waals surface area contributed by atoms with Crippen LogP contribution in [0.15, 0.2) is 115 Å². The van der Waals surface area contributed by atoms with Crippen molar-refractivity contribution in [3.8, 4) is 11.1 Å². The average Bonchev–Trinajstić information content (AvgIpc) is 2.96. The Labute approximate surface area is 214 Å². The van der Waals surface area contributed by atoms with Crippen LogP contribution in [0.25, 0.3) is 65.0 Å². The van der Waals surface area contributed by atoms with Gasteiger partial charge in [-0.05, 0) is 84.0 Å². The van der Waals surface area contributed by atoms with Crippen molar-refractivity contribution in [2.45, 2.75) is 6.92 Å². The van der Waals surface area contributed by atoms with Crippen LogP contribution in [-0.4, -0.2) is 12.6 Å². The molecule has 0 saturated carbocycles. The van der Waals surface area contributed by atoms with Gasteiger partial charge < -0.3 is 4.74 Å². The molecule has 0 aliphatic rings. The molecule has 0 spiro atoms. The summed E-state index contributed by atoms with van der Waals surface area (Å²) in [5.74, 6) is -0.297. The lowest BCUT2D eigenvalue weighted by Gasteiger charge is -2.18. The van der Waals surface area contributed by atoms with E-state index in [0.717, 1.165) is 21.9 Å². The smallest absolute Gasteiger partial charge is 0.338 e. The molecule has 0 bridgehead atoms. The number of benzene rings is 7. The quantitative estimate of drug-likeness (QED) is 0.188. The molecule has 0 atom stereocenters. The predicted octanol–water partition coefficient (Wildman–Crippen LogP) is 9.30. The summed E-state index contributed by atoms with van der Waals surface area (Å²) >= 11 is 0. The van der Waals surface area contributed by atoms with Crippen LogP contribution in [0.1, 0.15) is 17.3 Å². The molecule has 0 aliphatic carbocycles. The molecule has 0 aliphatic heterocycles. The van der Waals surface area contributed by atoms with Crippen LogP contribution in [0.4, 0.5) is 0 Å². The molecule has 176 valence electrons. The van der Waals surface area contributed by atoms with E-state index in [-0.39, 0.29) is 5.97 Å². The van der Waals surface area contributed by atoms with Gasteiger partial charge in [0.25, 0.3) is 0 Å². The van der Waals surface area contributed by atoms with Crippen LogP contribution >= 0.6 is 0 Å². The zero-order chi connectivity index (χ0) is 24.9. The highest BCUT2D eigenvalue weighted by molar-refractivity contribution is 6.36. The first-order chi connectivity index (χ1) is 18.2. The van der Waals surface area contributed by atoms with Gasteiger partial charge in [0.1, 0.15) is 0 Å². The molecule has 2 nitrogen and oxygen atoms in total. The Kier molecular flexibility index (Phi) is 4.93. The first-order valence-corrected chi connectivity index (χ1v) is 12.7. The lowest BCUT2D eigenvalue weighted by molar-refractivity contribution is 0.0527. The molecule has 0 heterocycles. The van der Waals surface area contributed by atoms with Crippen LogP contribution in [0.5, 0.6) is 0 Å². The minimum Gasteiger partial charge on any atom is -0.462 e. The van der Waals surface area contributed by atoms with E-state index >= 15 is 0 Å². The predicted molar refractivity (Wildman–Crippen MR) is 155 cm³/mol. The maximum absolute atomic E-state index is 13.3. The molecular formula is C35H24O2. The summed E-state index contributed by atoms with van der Waals surface area (Å²) < 4.78 is 5.56. The van der Waals surface area contributed by atoms with Gasteiger partial charge in [-0.1, -0.05) is 103 Å². The number of carbonyl (C=O) groups excluding carboxylic acids is 1. The molecule has 2 heteroatoms. The molecule has 7 aromatic rings. The summed E-state index contributed by atoms with van der Waals surface area (Å²) in [5, 5.41) is 11.8. The molecular weight excluding hydrogens is 452 g/mol. The van der Waals surface area contributed by atoms with Crippen molar-refractivity contribution in [2.24, 2.45) is 0 Å². The number of hydrogen-bond acceptors (Lipinski definition) is 2. The van der Waals surface area contributed by atoms with E-state index in [1.165, 1.54) is 43.1 Å². The fourth-order valence-electron chi connectivity index (χ4n) is 5.82. The summed E-state index contributed by atoms with van der Waals surface area (Å²) in [5.41, 5.74) is 2.48. The second-order valence-corrected chi connectivity index (χ2v) is 9.45. The average molecular weight is 477 g/mol. The molecule has 0 aromatic heterocycles. The van der Waals surface area contributed by atoms with E-state index < -0.39 is 0 Å². The third kappa shape index (κ3) is 3.30. The van der Waals surface area contributed by atoms with Gasteiger partial charge in [-0.3, -0.25) is 0 Å². The first-order valence-electron chi connectivity index (χ1n) is 12.7. The second-order valence-electron chi connectivity index (χ2n) is 9.45. The number of fused-ring (bicyclic) bond motifs is 10. The minimum atomic E-state index is -0.297. The highest BCUT2D eigenvalue weighted by atomic mass is 16.5. The van der Waals surface area contributed by atoms with Crippen LogP contribution in [0.3, 0.4) is 0 Å². The van der Waals surface area contributed by atoms with Crippen molar-refractivity contribution in [1.29, 1.82) is 0 Å². The van der Waals surface area contributed by atoms with E-state index in [2.05, 4.69) is 97.1 Å². The maximum atomic E-state index is 13.3. The zero-order valence-electron chi connectivity index (χ0n) is 20.5. The third-order valence-electron chi connectivity index (χ3n) is 7.42. The van der Waals surface area contributed by atoms with Gasteiger partial charge in [0.2, 0.25) is 0 Å². The lowest BCUT2D eigenvalue weighted by atomic mass is 9.86. The molecule has 0 amide bonds. The molecule has 7 aromatic carbocycles. The van der Waals surface area contributed by atoms with Crippen molar-refractivity contribution >= 4 is 59.8 Å². The molecule has 0 fully saturated rings. The minimum absolute atomic E-state index is 0.297. The van der Waals surface area contributed by atoms with Gasteiger partial charge in [-0.2, -0.15) is 0 Å². The zero-order valence-corrected chi connectivity index (χ0v) is 20.5. The fourth-order valence-corrected chi connectivity index (χ4v) is 5.82. The standard InChI is InChI=1S/C35H24O2/c1-2-37-35(36)32-21-31-30(20-29(32)22-10-4-3-5-11-22)33-25-14-8-6-12-23(25)16-18-27(33)28-19-17-24-13-7-9-15-26(24)34(28)31/h3-21H,2H2,1H3. The Morgan fingerprint density at radius 2 is 1.11 bits per heavy atom. The van der Waals surface area contributed by atoms with Crippen LogP contribution in [-0.2, 0) is 4.74 Å². The largest absolute Gasteiger partial charge is 0.462 e. The second kappa shape index (κ2) is 8.46. The summed E-state index contributed by atoms with van der Waals surface area (Å²) in [7, 11) is 0. The van der Waals surface area contributed by atoms with E-state index in [9.17, 15) is 4.79 Å². The number of ether oxygens (including phenoxy) is 1. The monoisotopic (exact) mass is 476 g/mol. The summed E-state index contributed by atoms with van der Waals surface area (Å²) in [6.45, 7) is 2.18. The Hall–Kier alpha value is -4.69. The Balaban J connectivity index is 1.78. The normalized spacial score (nSPS) is 11.6. The van der Waals surface area contributed by atoms with Crippen molar-refractivity contribution in [1.82, 2.24) is 0 Å². The fraction of sp³-hybridized carbons (Fsp3) is 0.0571. The highest BCUT2D eigenvalue weighted by Crippen LogP contribution is 2.43. The van der Waals surface area contributed by atoms with Crippen LogP contribution < -0.4 is 0 Å². The summed E-state index contributed by atoms with van der Waals surface area (Å²) in [6.07, 6.45) is 0. The molecule has 0 N–H and O–H groups in total. The van der Waals surface area contributed by atoms with Gasteiger partial charge in [-0.25, -0.2) is 4.79 Å². The number of esters is 1. The number of rotatable bonds is 3. The SMILES string of the molecule is CCOC(=O)c1cc2c(cc1-c1ccccc1)c1c3ccccc3ccc1c1ccc3ccccc3c12. The van der Waals surface area contributed by atoms with Gasteiger partial charge in [0.05, 0.1) is 12.2 Å². The van der Waals surface area contributed by atoms with Gasteiger partial charge in [0.15, 0.2) is 0 Å². The Bertz CT molecular complexity index is 2000. The molecule has 0 unspecified atom stereocenters. The molecule has 37 heavy (non-hydrogen) atoms. The van der Waals surface area contributed by atoms with Crippen molar-refractivity contribution in [3.05, 3.63) is 121 Å². The van der Waals surface area contributed by atoms with E-state index in [0.29, 0.717) is 12.2 Å². The Morgan fingerprint density at radius 3 is 1.70 bits per heavy atom. The molecule has 0 radical (unpaired) electrons. The van der Waals surface area contributed by atoms with Gasteiger partial charge >= 0.3 is 5.97 Å². The molecule has 7 rings (SSSR count). The van der Waals surface area contributed by atoms with E-state index in [1.807, 2.05) is 25.1 Å². The lowest BCUT2D eigenvalue weighted by Crippen LogP contribution is -2.07. The Morgan fingerprint density at radius 1 is 0.568 bits per heavy atom. The van der Waals surface area contributed by atoms with Crippen LogP contribution in [0, 0.1) is 0 Å². The van der Waals surface area contributed by atoms with E-state index in [1.54, 1.807) is 0 Å². The highest BCUT2D eigenvalue weighted by Gasteiger charge is 2.20. The summed E-state index contributed by atoms with van der Waals surface area (Å²) in [6, 6.07) is 40.3. The van der Waals surface area contributed by atoms with Crippen LogP contribution in [0.2, 0.25) is 0 Å². The van der Waals surface area contributed by atoms with Gasteiger partial charge in [-0.15, -0.1) is 0 Å². The summed E-state index contributed by atoms with van der Waals surface area (Å²) in [4.78, 5) is 13.3. The van der Waals surface area contributed by atoms with Gasteiger partial charge in [0, 0.05) is 0 Å². The van der Waals surface area contributed by atoms with Crippen molar-refractivity contribution in [3.63, 3.8) is 0 Å². The number of hydrogen-bond donors (Lipinski definition) is 0. The van der Waals surface area contributed by atoms with Crippen molar-refractivity contribution in [2.75, 3.05) is 6.61 Å². The van der Waals surface area contributed by atoms with E-state index in [4.69, 9.17) is 4.74 Å². The maximum Gasteiger partial charge on any atom is 0.338 e. The first kappa shape index (κ1) is 21.6. The topological polar surface area (TPSA) is 26.3 Å². The molecule has 0 saturated heterocycles. The third-order valence-corrected chi connectivity index (χ3v) is 7.42.